The Morgan fingerprint density at radius 3 is 2.50 bits per heavy atom. The van der Waals surface area contributed by atoms with Crippen molar-refractivity contribution in [2.75, 3.05) is 13.1 Å². The largest absolute Gasteiger partial charge is 0.465 e. The Morgan fingerprint density at radius 2 is 1.92 bits per heavy atom. The van der Waals surface area contributed by atoms with Crippen molar-refractivity contribution >= 4 is 6.09 Å². The van der Waals surface area contributed by atoms with Gasteiger partial charge in [-0.25, -0.2) is 4.79 Å². The van der Waals surface area contributed by atoms with Crippen LogP contribution >= 0.6 is 0 Å². The van der Waals surface area contributed by atoms with E-state index in [9.17, 15) is 18.0 Å². The second-order valence-electron chi connectivity index (χ2n) is 6.46. The topological polar surface area (TPSA) is 87.4 Å². The van der Waals surface area contributed by atoms with Gasteiger partial charge in [-0.2, -0.15) is 17.9 Å². The minimum atomic E-state index is -4.40. The van der Waals surface area contributed by atoms with Crippen molar-refractivity contribution < 1.29 is 23.1 Å². The molecule has 2 atom stereocenters. The van der Waals surface area contributed by atoms with Crippen LogP contribution in [0, 0.1) is 0 Å². The molecule has 2 saturated heterocycles. The van der Waals surface area contributed by atoms with Crippen LogP contribution in [0.15, 0.2) is 24.3 Å². The van der Waals surface area contributed by atoms with E-state index in [1.807, 2.05) is 0 Å². The standard InChI is InChI=1S/C15H15F3N6O2/c16-15(17,18)9-1-3-10(4-2-9)24-13(19-20-21-24)8-22-6-12-5-11(22)7-23(12)14(25)26/h1-4,11-12H,5-8H2,(H,25,26)/t11-,12-/m0/s1. The van der Waals surface area contributed by atoms with Gasteiger partial charge in [0.2, 0.25) is 0 Å². The predicted molar refractivity (Wildman–Crippen MR) is 81.5 cm³/mol. The maximum Gasteiger partial charge on any atom is 0.416 e. The van der Waals surface area contributed by atoms with Gasteiger partial charge < -0.3 is 10.0 Å². The second kappa shape index (κ2) is 5.94. The fraction of sp³-hybridized carbons (Fsp3) is 0.467. The molecule has 2 aromatic rings. The van der Waals surface area contributed by atoms with Gasteiger partial charge in [-0.05, 0) is 41.1 Å². The third-order valence-corrected chi connectivity index (χ3v) is 4.92. The minimum absolute atomic E-state index is 0.0344. The smallest absolute Gasteiger partial charge is 0.416 e. The maximum atomic E-state index is 12.7. The number of hydrogen-bond donors (Lipinski definition) is 1. The number of likely N-dealkylation sites (tertiary alicyclic amines) is 2. The highest BCUT2D eigenvalue weighted by molar-refractivity contribution is 5.66. The SMILES string of the molecule is O=C(O)N1C[C@@H]2C[C@H]1CN2Cc1nnnn1-c1ccc(C(F)(F)F)cc1. The summed E-state index contributed by atoms with van der Waals surface area (Å²) in [4.78, 5) is 14.7. The summed E-state index contributed by atoms with van der Waals surface area (Å²) in [6.45, 7) is 1.45. The molecule has 2 fully saturated rings. The van der Waals surface area contributed by atoms with E-state index in [2.05, 4.69) is 20.4 Å². The predicted octanol–water partition coefficient (Wildman–Crippen LogP) is 1.62. The van der Waals surface area contributed by atoms with Gasteiger partial charge in [0.15, 0.2) is 5.82 Å². The molecule has 1 N–H and O–H groups in total. The first kappa shape index (κ1) is 16.8. The Bertz CT molecular complexity index is 822. The maximum absolute atomic E-state index is 12.7. The summed E-state index contributed by atoms with van der Waals surface area (Å²) in [5.41, 5.74) is -0.295. The number of amides is 1. The number of carboxylic acid groups (broad SMARTS) is 1. The number of alkyl halides is 3. The zero-order valence-electron chi connectivity index (χ0n) is 13.5. The molecule has 1 amide bonds. The molecule has 1 aromatic heterocycles. The number of aromatic nitrogens is 4. The van der Waals surface area contributed by atoms with Crippen molar-refractivity contribution in [3.8, 4) is 5.69 Å². The van der Waals surface area contributed by atoms with E-state index in [-0.39, 0.29) is 12.1 Å². The number of piperazine rings is 1. The molecule has 0 aliphatic carbocycles. The van der Waals surface area contributed by atoms with Gasteiger partial charge in [0, 0.05) is 25.2 Å². The van der Waals surface area contributed by atoms with E-state index in [4.69, 9.17) is 5.11 Å². The van der Waals surface area contributed by atoms with E-state index < -0.39 is 17.8 Å². The summed E-state index contributed by atoms with van der Waals surface area (Å²) >= 11 is 0. The summed E-state index contributed by atoms with van der Waals surface area (Å²) in [5, 5.41) is 20.6. The molecule has 2 aliphatic heterocycles. The van der Waals surface area contributed by atoms with Gasteiger partial charge in [-0.1, -0.05) is 0 Å². The molecule has 0 unspecified atom stereocenters. The fourth-order valence-electron chi connectivity index (χ4n) is 3.66. The van der Waals surface area contributed by atoms with Crippen LogP contribution in [0.25, 0.3) is 5.69 Å². The zero-order chi connectivity index (χ0) is 18.5. The Balaban J connectivity index is 1.49. The van der Waals surface area contributed by atoms with Crippen LogP contribution in [0.5, 0.6) is 0 Å². The Morgan fingerprint density at radius 1 is 1.19 bits per heavy atom. The van der Waals surface area contributed by atoms with Crippen molar-refractivity contribution in [3.05, 3.63) is 35.7 Å². The molecule has 3 heterocycles. The van der Waals surface area contributed by atoms with Crippen LogP contribution in [0.2, 0.25) is 0 Å². The molecule has 138 valence electrons. The number of benzene rings is 1. The molecular formula is C15H15F3N6O2. The van der Waals surface area contributed by atoms with E-state index in [0.717, 1.165) is 18.6 Å². The molecule has 0 radical (unpaired) electrons. The number of tetrazole rings is 1. The molecule has 26 heavy (non-hydrogen) atoms. The lowest BCUT2D eigenvalue weighted by molar-refractivity contribution is -0.137. The average Bonchev–Trinajstić information content (AvgIpc) is 3.29. The Labute approximate surface area is 145 Å². The average molecular weight is 368 g/mol. The Hall–Kier alpha value is -2.69. The molecular weight excluding hydrogens is 353 g/mol. The van der Waals surface area contributed by atoms with Crippen molar-refractivity contribution in [2.24, 2.45) is 0 Å². The molecule has 11 heteroatoms. The van der Waals surface area contributed by atoms with Gasteiger partial charge in [0.25, 0.3) is 0 Å². The van der Waals surface area contributed by atoms with E-state index in [1.54, 1.807) is 0 Å². The van der Waals surface area contributed by atoms with Crippen LogP contribution in [-0.4, -0.2) is 66.4 Å². The fourth-order valence-corrected chi connectivity index (χ4v) is 3.66. The lowest BCUT2D eigenvalue weighted by Gasteiger charge is -2.32. The molecule has 2 bridgehead atoms. The van der Waals surface area contributed by atoms with Crippen LogP contribution in [0.1, 0.15) is 17.8 Å². The first-order valence-electron chi connectivity index (χ1n) is 8.01. The molecule has 0 spiro atoms. The third-order valence-electron chi connectivity index (χ3n) is 4.92. The molecule has 0 saturated carbocycles. The monoisotopic (exact) mass is 368 g/mol. The van der Waals surface area contributed by atoms with Crippen LogP contribution in [-0.2, 0) is 12.7 Å². The lowest BCUT2D eigenvalue weighted by atomic mass is 10.2. The summed E-state index contributed by atoms with van der Waals surface area (Å²) in [6.07, 6.45) is -4.53. The highest BCUT2D eigenvalue weighted by Crippen LogP contribution is 2.32. The number of fused-ring (bicyclic) bond motifs is 2. The zero-order valence-corrected chi connectivity index (χ0v) is 13.5. The van der Waals surface area contributed by atoms with E-state index in [1.165, 1.54) is 21.7 Å². The second-order valence-corrected chi connectivity index (χ2v) is 6.46. The van der Waals surface area contributed by atoms with Crippen molar-refractivity contribution in [2.45, 2.75) is 31.2 Å². The van der Waals surface area contributed by atoms with Crippen LogP contribution in [0.4, 0.5) is 18.0 Å². The summed E-state index contributed by atoms with van der Waals surface area (Å²) in [7, 11) is 0. The number of nitrogens with zero attached hydrogens (tertiary/aromatic N) is 6. The molecule has 4 rings (SSSR count). The van der Waals surface area contributed by atoms with Crippen LogP contribution < -0.4 is 0 Å². The first-order valence-corrected chi connectivity index (χ1v) is 8.01. The van der Waals surface area contributed by atoms with Crippen LogP contribution in [0.3, 0.4) is 0 Å². The van der Waals surface area contributed by atoms with Gasteiger partial charge in [-0.3, -0.25) is 4.90 Å². The third kappa shape index (κ3) is 2.87. The summed E-state index contributed by atoms with van der Waals surface area (Å²) in [6, 6.07) is 4.70. The summed E-state index contributed by atoms with van der Waals surface area (Å²) < 4.78 is 39.5. The van der Waals surface area contributed by atoms with Crippen molar-refractivity contribution in [1.29, 1.82) is 0 Å². The lowest BCUT2D eigenvalue weighted by Crippen LogP contribution is -2.48. The number of rotatable bonds is 3. The van der Waals surface area contributed by atoms with Gasteiger partial charge in [0.1, 0.15) is 0 Å². The van der Waals surface area contributed by atoms with Crippen molar-refractivity contribution in [1.82, 2.24) is 30.0 Å². The molecule has 1 aromatic carbocycles. The van der Waals surface area contributed by atoms with Gasteiger partial charge in [0.05, 0.1) is 17.8 Å². The van der Waals surface area contributed by atoms with E-state index >= 15 is 0 Å². The number of halogens is 3. The Kier molecular flexibility index (Phi) is 3.83. The molecule has 2 aliphatic rings. The highest BCUT2D eigenvalue weighted by Gasteiger charge is 2.45. The van der Waals surface area contributed by atoms with Gasteiger partial charge >= 0.3 is 12.3 Å². The van der Waals surface area contributed by atoms with Gasteiger partial charge in [-0.15, -0.1) is 5.10 Å². The number of carbonyl (C=O) groups is 1. The normalized spacial score (nSPS) is 23.0. The van der Waals surface area contributed by atoms with Crippen molar-refractivity contribution in [3.63, 3.8) is 0 Å². The first-order chi connectivity index (χ1) is 12.3. The highest BCUT2D eigenvalue weighted by atomic mass is 19.4. The van der Waals surface area contributed by atoms with E-state index in [0.29, 0.717) is 31.1 Å². The molecule has 8 nitrogen and oxygen atoms in total. The number of hydrogen-bond acceptors (Lipinski definition) is 5. The summed E-state index contributed by atoms with van der Waals surface area (Å²) in [5.74, 6) is 0.499. The minimum Gasteiger partial charge on any atom is -0.465 e. The quantitative estimate of drug-likeness (QED) is 0.886.